The van der Waals surface area contributed by atoms with Gasteiger partial charge in [0.2, 0.25) is 0 Å². The Balaban J connectivity index is 1.65. The van der Waals surface area contributed by atoms with Crippen LogP contribution in [0.3, 0.4) is 0 Å². The first-order valence-electron chi connectivity index (χ1n) is 10.2. The van der Waals surface area contributed by atoms with Crippen molar-refractivity contribution in [3.05, 3.63) is 131 Å². The van der Waals surface area contributed by atoms with Crippen molar-refractivity contribution in [2.75, 3.05) is 7.11 Å². The Morgan fingerprint density at radius 2 is 1.00 bits per heavy atom. The maximum absolute atomic E-state index is 5.35. The van der Waals surface area contributed by atoms with Crippen molar-refractivity contribution in [2.24, 2.45) is 0 Å². The van der Waals surface area contributed by atoms with Crippen LogP contribution in [0.25, 0.3) is 27.8 Å². The van der Waals surface area contributed by atoms with E-state index in [9.17, 15) is 0 Å². The van der Waals surface area contributed by atoms with Crippen molar-refractivity contribution < 1.29 is 4.74 Å². The van der Waals surface area contributed by atoms with Crippen LogP contribution >= 0.6 is 0 Å². The summed E-state index contributed by atoms with van der Waals surface area (Å²) in [5.41, 5.74) is 12.9. The van der Waals surface area contributed by atoms with E-state index in [1.807, 2.05) is 12.1 Å². The lowest BCUT2D eigenvalue weighted by Crippen LogP contribution is -1.89. The van der Waals surface area contributed by atoms with Gasteiger partial charge in [0.15, 0.2) is 0 Å². The first-order chi connectivity index (χ1) is 14.8. The maximum Gasteiger partial charge on any atom is 0.118 e. The molecule has 0 N–H and O–H groups in total. The van der Waals surface area contributed by atoms with Gasteiger partial charge >= 0.3 is 0 Å². The second-order valence-electron chi connectivity index (χ2n) is 7.71. The van der Waals surface area contributed by atoms with E-state index in [-0.39, 0.29) is 0 Å². The number of methoxy groups -OCH3 is 1. The lowest BCUT2D eigenvalue weighted by Gasteiger charge is -2.09. The zero-order chi connectivity index (χ0) is 20.1. The van der Waals surface area contributed by atoms with Crippen molar-refractivity contribution in [3.8, 4) is 16.9 Å². The number of rotatable bonds is 2. The third-order valence-corrected chi connectivity index (χ3v) is 6.15. The van der Waals surface area contributed by atoms with Crippen molar-refractivity contribution in [1.29, 1.82) is 0 Å². The Kier molecular flexibility index (Phi) is 3.75. The highest BCUT2D eigenvalue weighted by molar-refractivity contribution is 6.17. The molecule has 0 saturated heterocycles. The van der Waals surface area contributed by atoms with Crippen LogP contribution in [-0.4, -0.2) is 7.11 Å². The predicted octanol–water partition coefficient (Wildman–Crippen LogP) is 7.08. The maximum atomic E-state index is 5.35. The molecule has 0 fully saturated rings. The Morgan fingerprint density at radius 3 is 1.57 bits per heavy atom. The van der Waals surface area contributed by atoms with Crippen LogP contribution in [0, 0.1) is 0 Å². The topological polar surface area (TPSA) is 9.23 Å². The average Bonchev–Trinajstić information content (AvgIpc) is 3.35. The molecule has 6 rings (SSSR count). The molecule has 0 radical (unpaired) electrons. The van der Waals surface area contributed by atoms with E-state index in [0.29, 0.717) is 0 Å². The standard InChI is InChI=1S/C29H20O/c1-30-20-16-14-19(15-17-20)27-18-28(24-11-3-2-10-23(24)27)29-25-12-6-4-8-21(25)22-9-5-7-13-26(22)29/h2-18H,1H3. The smallest absolute Gasteiger partial charge is 0.118 e. The highest BCUT2D eigenvalue weighted by Gasteiger charge is 2.29. The van der Waals surface area contributed by atoms with Gasteiger partial charge < -0.3 is 4.74 Å². The molecule has 142 valence electrons. The quantitative estimate of drug-likeness (QED) is 0.316. The van der Waals surface area contributed by atoms with Gasteiger partial charge in [-0.05, 0) is 73.9 Å². The molecule has 2 aliphatic carbocycles. The van der Waals surface area contributed by atoms with Crippen LogP contribution in [0.15, 0.2) is 103 Å². The highest BCUT2D eigenvalue weighted by Crippen LogP contribution is 2.51. The van der Waals surface area contributed by atoms with Crippen molar-refractivity contribution >= 4 is 16.7 Å². The summed E-state index contributed by atoms with van der Waals surface area (Å²) in [6.07, 6.45) is 2.36. The van der Waals surface area contributed by atoms with E-state index in [0.717, 1.165) is 5.75 Å². The molecule has 0 atom stereocenters. The van der Waals surface area contributed by atoms with E-state index in [1.165, 1.54) is 55.7 Å². The molecule has 0 aliphatic heterocycles. The first-order valence-corrected chi connectivity index (χ1v) is 10.2. The minimum Gasteiger partial charge on any atom is -0.497 e. The summed E-state index contributed by atoms with van der Waals surface area (Å²) in [6.45, 7) is 0. The molecule has 1 nitrogen and oxygen atoms in total. The summed E-state index contributed by atoms with van der Waals surface area (Å²) in [4.78, 5) is 0. The number of allylic oxidation sites excluding steroid dienone is 2. The molecular formula is C29H20O. The van der Waals surface area contributed by atoms with E-state index in [2.05, 4.69) is 91.0 Å². The molecule has 0 amide bonds. The number of ether oxygens (including phenoxy) is 1. The lowest BCUT2D eigenvalue weighted by molar-refractivity contribution is 0.415. The number of hydrogen-bond acceptors (Lipinski definition) is 1. The highest BCUT2D eigenvalue weighted by atomic mass is 16.5. The van der Waals surface area contributed by atoms with Gasteiger partial charge in [0.05, 0.1) is 7.11 Å². The molecule has 30 heavy (non-hydrogen) atoms. The van der Waals surface area contributed by atoms with Crippen LogP contribution in [0.2, 0.25) is 0 Å². The minimum atomic E-state index is 0.878. The molecule has 1 heteroatoms. The van der Waals surface area contributed by atoms with Crippen LogP contribution in [0.1, 0.15) is 27.8 Å². The molecule has 4 aromatic carbocycles. The molecule has 0 spiro atoms. The van der Waals surface area contributed by atoms with Crippen LogP contribution in [0.5, 0.6) is 5.75 Å². The fourth-order valence-electron chi connectivity index (χ4n) is 4.78. The van der Waals surface area contributed by atoms with Gasteiger partial charge in [0, 0.05) is 0 Å². The molecule has 0 saturated carbocycles. The van der Waals surface area contributed by atoms with Gasteiger partial charge in [0.25, 0.3) is 0 Å². The molecule has 0 heterocycles. The van der Waals surface area contributed by atoms with Crippen LogP contribution in [-0.2, 0) is 0 Å². The van der Waals surface area contributed by atoms with E-state index in [4.69, 9.17) is 4.74 Å². The monoisotopic (exact) mass is 384 g/mol. The Labute approximate surface area is 176 Å². The molecule has 2 aliphatic rings. The minimum absolute atomic E-state index is 0.878. The molecule has 0 bridgehead atoms. The molecule has 4 aromatic rings. The van der Waals surface area contributed by atoms with Crippen molar-refractivity contribution in [3.63, 3.8) is 0 Å². The van der Waals surface area contributed by atoms with E-state index in [1.54, 1.807) is 7.11 Å². The fraction of sp³-hybridized carbons (Fsp3) is 0.0345. The summed E-state index contributed by atoms with van der Waals surface area (Å²) in [5, 5.41) is 0. The van der Waals surface area contributed by atoms with Crippen LogP contribution in [0.4, 0.5) is 0 Å². The first kappa shape index (κ1) is 17.1. The van der Waals surface area contributed by atoms with Crippen molar-refractivity contribution in [2.45, 2.75) is 0 Å². The largest absolute Gasteiger partial charge is 0.497 e. The third-order valence-electron chi connectivity index (χ3n) is 6.15. The van der Waals surface area contributed by atoms with Gasteiger partial charge in [0.1, 0.15) is 5.75 Å². The van der Waals surface area contributed by atoms with Gasteiger partial charge in [-0.1, -0.05) is 84.9 Å². The Morgan fingerprint density at radius 1 is 0.500 bits per heavy atom. The predicted molar refractivity (Wildman–Crippen MR) is 124 cm³/mol. The summed E-state index contributed by atoms with van der Waals surface area (Å²) in [7, 11) is 1.71. The van der Waals surface area contributed by atoms with Gasteiger partial charge in [-0.25, -0.2) is 0 Å². The second kappa shape index (κ2) is 6.60. The number of fused-ring (bicyclic) bond motifs is 4. The van der Waals surface area contributed by atoms with Crippen molar-refractivity contribution in [1.82, 2.24) is 0 Å². The second-order valence-corrected chi connectivity index (χ2v) is 7.71. The number of benzene rings is 4. The molecule has 0 unspecified atom stereocenters. The summed E-state index contributed by atoms with van der Waals surface area (Å²) in [6, 6.07) is 34.6. The zero-order valence-corrected chi connectivity index (χ0v) is 16.7. The van der Waals surface area contributed by atoms with Crippen LogP contribution < -0.4 is 4.74 Å². The zero-order valence-electron chi connectivity index (χ0n) is 16.7. The summed E-state index contributed by atoms with van der Waals surface area (Å²) in [5.74, 6) is 0.878. The normalized spacial score (nSPS) is 13.6. The van der Waals surface area contributed by atoms with Gasteiger partial charge in [-0.2, -0.15) is 0 Å². The molecular weight excluding hydrogens is 364 g/mol. The Bertz CT molecular complexity index is 1310. The van der Waals surface area contributed by atoms with E-state index < -0.39 is 0 Å². The average molecular weight is 384 g/mol. The fourth-order valence-corrected chi connectivity index (χ4v) is 4.78. The van der Waals surface area contributed by atoms with E-state index >= 15 is 0 Å². The molecule has 0 aromatic heterocycles. The summed E-state index contributed by atoms with van der Waals surface area (Å²) >= 11 is 0. The number of hydrogen-bond donors (Lipinski definition) is 0. The van der Waals surface area contributed by atoms with Gasteiger partial charge in [-0.3, -0.25) is 0 Å². The third kappa shape index (κ3) is 2.42. The Hall–Kier alpha value is -3.84. The SMILES string of the molecule is COc1ccc(C2=CC(=C3c4ccccc4-c4ccccc43)c3ccccc32)cc1. The van der Waals surface area contributed by atoms with Gasteiger partial charge in [-0.15, -0.1) is 0 Å². The summed E-state index contributed by atoms with van der Waals surface area (Å²) < 4.78 is 5.35. The lowest BCUT2D eigenvalue weighted by atomic mass is 9.94.